The number of rotatable bonds is 5. The highest BCUT2D eigenvalue weighted by Gasteiger charge is 2.44. The fourth-order valence-corrected chi connectivity index (χ4v) is 2.29. The number of hydrogen-bond acceptors (Lipinski definition) is 5. The molecular weight excluding hydrogens is 248 g/mol. The van der Waals surface area contributed by atoms with Gasteiger partial charge in [0.2, 0.25) is 0 Å². The maximum atomic E-state index is 10.8. The van der Waals surface area contributed by atoms with Crippen molar-refractivity contribution < 1.29 is 4.92 Å². The summed E-state index contributed by atoms with van der Waals surface area (Å²) in [6, 6.07) is 0. The lowest BCUT2D eigenvalue weighted by atomic mass is 10.1. The summed E-state index contributed by atoms with van der Waals surface area (Å²) in [5.41, 5.74) is 0.796. The van der Waals surface area contributed by atoms with E-state index in [1.807, 2.05) is 0 Å². The maximum absolute atomic E-state index is 10.8. The van der Waals surface area contributed by atoms with Gasteiger partial charge < -0.3 is 0 Å². The summed E-state index contributed by atoms with van der Waals surface area (Å²) in [6.07, 6.45) is 6.69. The summed E-state index contributed by atoms with van der Waals surface area (Å²) in [4.78, 5) is 14.3. The zero-order chi connectivity index (χ0) is 13.5. The van der Waals surface area contributed by atoms with Crippen LogP contribution in [0, 0.1) is 22.5 Å². The van der Waals surface area contributed by atoms with Gasteiger partial charge in [-0.1, -0.05) is 0 Å². The molecule has 19 heavy (non-hydrogen) atoms. The van der Waals surface area contributed by atoms with E-state index in [1.54, 1.807) is 22.6 Å². The number of hydrogen-bond donors (Lipinski definition) is 0. The Bertz CT molecular complexity index is 599. The minimum absolute atomic E-state index is 0.0801. The largest absolute Gasteiger partial charge is 0.309 e. The van der Waals surface area contributed by atoms with Crippen LogP contribution >= 0.6 is 0 Å². The van der Waals surface area contributed by atoms with Gasteiger partial charge in [0.25, 0.3) is 0 Å². The predicted molar refractivity (Wildman–Crippen MR) is 65.3 cm³/mol. The number of aromatic nitrogens is 5. The van der Waals surface area contributed by atoms with Crippen molar-refractivity contribution >= 4 is 5.69 Å². The van der Waals surface area contributed by atoms with E-state index in [-0.39, 0.29) is 11.1 Å². The van der Waals surface area contributed by atoms with Gasteiger partial charge in [0, 0.05) is 12.0 Å². The van der Waals surface area contributed by atoms with Gasteiger partial charge in [0.1, 0.15) is 24.5 Å². The first-order chi connectivity index (χ1) is 9.10. The molecule has 2 aromatic heterocycles. The van der Waals surface area contributed by atoms with Crippen LogP contribution in [-0.2, 0) is 13.1 Å². The quantitative estimate of drug-likeness (QED) is 0.595. The Balaban J connectivity index is 1.76. The summed E-state index contributed by atoms with van der Waals surface area (Å²) in [7, 11) is 0. The first-order valence-corrected chi connectivity index (χ1v) is 6.09. The molecule has 0 amide bonds. The van der Waals surface area contributed by atoms with E-state index in [4.69, 9.17) is 0 Å². The van der Waals surface area contributed by atoms with Crippen LogP contribution in [0.5, 0.6) is 0 Å². The van der Waals surface area contributed by atoms with Crippen molar-refractivity contribution in [2.45, 2.75) is 32.9 Å². The molecule has 8 heteroatoms. The highest BCUT2D eigenvalue weighted by atomic mass is 16.6. The molecule has 100 valence electrons. The van der Waals surface area contributed by atoms with Crippen molar-refractivity contribution in [2.24, 2.45) is 5.41 Å². The minimum Gasteiger partial charge on any atom is -0.262 e. The van der Waals surface area contributed by atoms with Crippen molar-refractivity contribution in [1.82, 2.24) is 24.5 Å². The van der Waals surface area contributed by atoms with Crippen LogP contribution in [0.3, 0.4) is 0 Å². The van der Waals surface area contributed by atoms with Crippen LogP contribution in [0.15, 0.2) is 18.9 Å². The van der Waals surface area contributed by atoms with Crippen molar-refractivity contribution in [3.05, 3.63) is 34.7 Å². The molecule has 0 saturated heterocycles. The van der Waals surface area contributed by atoms with E-state index in [0.29, 0.717) is 12.2 Å². The molecule has 2 heterocycles. The Morgan fingerprint density at radius 3 is 2.74 bits per heavy atom. The number of nitro groups is 1. The average Bonchev–Trinajstić information content (AvgIpc) is 2.76. The molecular formula is C11H14N6O2. The second kappa shape index (κ2) is 4.15. The zero-order valence-electron chi connectivity index (χ0n) is 10.6. The van der Waals surface area contributed by atoms with Gasteiger partial charge in [-0.25, -0.2) is 4.98 Å². The molecule has 2 aromatic rings. The molecule has 0 bridgehead atoms. The van der Waals surface area contributed by atoms with Crippen LogP contribution in [0.25, 0.3) is 0 Å². The van der Waals surface area contributed by atoms with Crippen molar-refractivity contribution in [3.8, 4) is 0 Å². The molecule has 3 rings (SSSR count). The normalized spacial score (nSPS) is 16.5. The Labute approximate surface area is 109 Å². The smallest absolute Gasteiger partial charge is 0.262 e. The van der Waals surface area contributed by atoms with Crippen LogP contribution in [0.2, 0.25) is 0 Å². The molecule has 0 atom stereocenters. The van der Waals surface area contributed by atoms with Crippen LogP contribution in [0.1, 0.15) is 18.5 Å². The lowest BCUT2D eigenvalue weighted by molar-refractivity contribution is -0.385. The van der Waals surface area contributed by atoms with Gasteiger partial charge >= 0.3 is 5.69 Å². The molecule has 0 radical (unpaired) electrons. The molecule has 1 aliphatic rings. The third-order valence-corrected chi connectivity index (χ3v) is 3.68. The highest BCUT2D eigenvalue weighted by molar-refractivity contribution is 5.31. The van der Waals surface area contributed by atoms with Gasteiger partial charge in [-0.3, -0.25) is 19.5 Å². The SMILES string of the molecule is Cc1c([N+](=O)[O-])cnn1CC1(Cn2cncn2)CC1. The van der Waals surface area contributed by atoms with E-state index in [9.17, 15) is 10.1 Å². The Morgan fingerprint density at radius 1 is 1.42 bits per heavy atom. The summed E-state index contributed by atoms with van der Waals surface area (Å²) >= 11 is 0. The van der Waals surface area contributed by atoms with Crippen molar-refractivity contribution in [2.75, 3.05) is 0 Å². The van der Waals surface area contributed by atoms with E-state index in [1.165, 1.54) is 12.5 Å². The molecule has 8 nitrogen and oxygen atoms in total. The summed E-state index contributed by atoms with van der Waals surface area (Å²) in [6.45, 7) is 3.20. The third kappa shape index (κ3) is 2.20. The first kappa shape index (κ1) is 11.8. The summed E-state index contributed by atoms with van der Waals surface area (Å²) in [5.74, 6) is 0. The Kier molecular flexibility index (Phi) is 2.58. The first-order valence-electron chi connectivity index (χ1n) is 6.09. The fraction of sp³-hybridized carbons (Fsp3) is 0.545. The van der Waals surface area contributed by atoms with E-state index in [2.05, 4.69) is 15.2 Å². The second-order valence-electron chi connectivity index (χ2n) is 5.12. The van der Waals surface area contributed by atoms with Crippen LogP contribution in [-0.4, -0.2) is 29.5 Å². The lowest BCUT2D eigenvalue weighted by Crippen LogP contribution is -2.20. The van der Waals surface area contributed by atoms with Crippen LogP contribution < -0.4 is 0 Å². The Hall–Kier alpha value is -2.25. The third-order valence-electron chi connectivity index (χ3n) is 3.68. The summed E-state index contributed by atoms with van der Waals surface area (Å²) < 4.78 is 3.53. The minimum atomic E-state index is -0.393. The van der Waals surface area contributed by atoms with Gasteiger partial charge in [-0.15, -0.1) is 0 Å². The topological polar surface area (TPSA) is 91.7 Å². The summed E-state index contributed by atoms with van der Waals surface area (Å²) in [5, 5.41) is 19.0. The van der Waals surface area contributed by atoms with Crippen molar-refractivity contribution in [3.63, 3.8) is 0 Å². The van der Waals surface area contributed by atoms with Gasteiger partial charge in [-0.2, -0.15) is 10.2 Å². The molecule has 1 fully saturated rings. The molecule has 1 aliphatic carbocycles. The Morgan fingerprint density at radius 2 is 2.21 bits per heavy atom. The molecule has 0 aromatic carbocycles. The molecule has 1 saturated carbocycles. The average molecular weight is 262 g/mol. The van der Waals surface area contributed by atoms with Gasteiger partial charge in [0.15, 0.2) is 0 Å². The highest BCUT2D eigenvalue weighted by Crippen LogP contribution is 2.48. The predicted octanol–water partition coefficient (Wildman–Crippen LogP) is 1.17. The maximum Gasteiger partial charge on any atom is 0.309 e. The lowest BCUT2D eigenvalue weighted by Gasteiger charge is -2.15. The molecule has 0 N–H and O–H groups in total. The second-order valence-corrected chi connectivity index (χ2v) is 5.12. The van der Waals surface area contributed by atoms with Gasteiger partial charge in [0.05, 0.1) is 11.5 Å². The zero-order valence-corrected chi connectivity index (χ0v) is 10.6. The monoisotopic (exact) mass is 262 g/mol. The number of nitrogens with zero attached hydrogens (tertiary/aromatic N) is 6. The van der Waals surface area contributed by atoms with E-state index < -0.39 is 4.92 Å². The standard InChI is InChI=1S/C11H14N6O2/c1-9-10(17(18)19)4-13-16(9)6-11(2-3-11)5-15-8-12-7-14-15/h4,7-8H,2-3,5-6H2,1H3. The molecule has 0 aliphatic heterocycles. The van der Waals surface area contributed by atoms with Crippen molar-refractivity contribution in [1.29, 1.82) is 0 Å². The van der Waals surface area contributed by atoms with E-state index in [0.717, 1.165) is 19.4 Å². The van der Waals surface area contributed by atoms with Gasteiger partial charge in [-0.05, 0) is 19.8 Å². The molecule has 0 spiro atoms. The fourth-order valence-electron chi connectivity index (χ4n) is 2.29. The molecule has 0 unspecified atom stereocenters. The van der Waals surface area contributed by atoms with E-state index >= 15 is 0 Å². The van der Waals surface area contributed by atoms with Crippen LogP contribution in [0.4, 0.5) is 5.69 Å².